The highest BCUT2D eigenvalue weighted by molar-refractivity contribution is 5.87. The average molecular weight is 302 g/mol. The van der Waals surface area contributed by atoms with Crippen molar-refractivity contribution in [1.82, 2.24) is 0 Å². The minimum Gasteiger partial charge on any atom is -0.466 e. The molecule has 2 unspecified atom stereocenters. The summed E-state index contributed by atoms with van der Waals surface area (Å²) in [6, 6.07) is 9.43. The van der Waals surface area contributed by atoms with E-state index in [4.69, 9.17) is 9.47 Å². The smallest absolute Gasteiger partial charge is 0.331 e. The first-order valence-electron chi connectivity index (χ1n) is 7.29. The number of hydrogen-bond acceptors (Lipinski definition) is 4. The predicted molar refractivity (Wildman–Crippen MR) is 86.0 cm³/mol. The molecule has 0 fully saturated rings. The summed E-state index contributed by atoms with van der Waals surface area (Å²) in [4.78, 5) is 23.7. The molecule has 0 saturated carbocycles. The molecular formula is C18H22O4. The summed E-state index contributed by atoms with van der Waals surface area (Å²) in [6.07, 6.45) is 4.45. The third-order valence-electron chi connectivity index (χ3n) is 3.09. The monoisotopic (exact) mass is 302 g/mol. The van der Waals surface area contributed by atoms with Crippen LogP contribution in [0.5, 0.6) is 0 Å². The van der Waals surface area contributed by atoms with E-state index in [1.54, 1.807) is 26.0 Å². The molecule has 0 spiro atoms. The summed E-state index contributed by atoms with van der Waals surface area (Å²) in [5, 5.41) is 0. The predicted octanol–water partition coefficient (Wildman–Crippen LogP) is 3.39. The maximum absolute atomic E-state index is 11.9. The Labute approximate surface area is 131 Å². The van der Waals surface area contributed by atoms with Crippen LogP contribution in [0.2, 0.25) is 0 Å². The van der Waals surface area contributed by atoms with Gasteiger partial charge in [-0.25, -0.2) is 4.79 Å². The van der Waals surface area contributed by atoms with E-state index in [1.807, 2.05) is 30.3 Å². The van der Waals surface area contributed by atoms with Crippen LogP contribution in [0.15, 0.2) is 49.1 Å². The second kappa shape index (κ2) is 9.55. The zero-order chi connectivity index (χ0) is 16.4. The zero-order valence-electron chi connectivity index (χ0n) is 13.0. The lowest BCUT2D eigenvalue weighted by atomic mass is 10.00. The van der Waals surface area contributed by atoms with Gasteiger partial charge in [-0.1, -0.05) is 36.4 Å². The molecule has 1 aromatic rings. The maximum Gasteiger partial charge on any atom is 0.331 e. The van der Waals surface area contributed by atoms with Crippen molar-refractivity contribution in [3.63, 3.8) is 0 Å². The molecule has 22 heavy (non-hydrogen) atoms. The fourth-order valence-electron chi connectivity index (χ4n) is 1.94. The molecule has 1 aromatic carbocycles. The van der Waals surface area contributed by atoms with Crippen molar-refractivity contribution in [3.8, 4) is 0 Å². The number of carbonyl (C=O) groups excluding carboxylic acids is 2. The van der Waals surface area contributed by atoms with E-state index < -0.39 is 18.0 Å². The Balaban J connectivity index is 2.62. The van der Waals surface area contributed by atoms with Gasteiger partial charge in [-0.05, 0) is 31.9 Å². The Hall–Kier alpha value is -2.36. The number of benzene rings is 1. The number of rotatable bonds is 8. The van der Waals surface area contributed by atoms with Gasteiger partial charge in [0, 0.05) is 6.08 Å². The van der Waals surface area contributed by atoms with Crippen LogP contribution < -0.4 is 0 Å². The fraction of sp³-hybridized carbons (Fsp3) is 0.333. The van der Waals surface area contributed by atoms with Crippen LogP contribution >= 0.6 is 0 Å². The Bertz CT molecular complexity index is 519. The highest BCUT2D eigenvalue weighted by atomic mass is 16.6. The molecule has 0 saturated heterocycles. The second-order valence-corrected chi connectivity index (χ2v) is 4.77. The quantitative estimate of drug-likeness (QED) is 0.419. The van der Waals surface area contributed by atoms with Gasteiger partial charge in [-0.3, -0.25) is 4.79 Å². The molecule has 0 N–H and O–H groups in total. The van der Waals surface area contributed by atoms with Gasteiger partial charge < -0.3 is 9.47 Å². The lowest BCUT2D eigenvalue weighted by molar-refractivity contribution is -0.157. The Morgan fingerprint density at radius 1 is 1.27 bits per heavy atom. The minimum absolute atomic E-state index is 0.293. The highest BCUT2D eigenvalue weighted by Gasteiger charge is 2.27. The van der Waals surface area contributed by atoms with Crippen molar-refractivity contribution >= 4 is 18.0 Å². The molecule has 0 aliphatic carbocycles. The summed E-state index contributed by atoms with van der Waals surface area (Å²) in [5.74, 6) is -1.41. The van der Waals surface area contributed by atoms with Crippen molar-refractivity contribution in [2.75, 3.05) is 6.61 Å². The first-order valence-corrected chi connectivity index (χ1v) is 7.29. The summed E-state index contributed by atoms with van der Waals surface area (Å²) < 4.78 is 10.3. The van der Waals surface area contributed by atoms with Crippen LogP contribution in [0.1, 0.15) is 25.8 Å². The molecule has 1 rings (SSSR count). The summed E-state index contributed by atoms with van der Waals surface area (Å²) in [7, 11) is 0. The molecule has 0 radical (unpaired) electrons. The molecule has 4 nitrogen and oxygen atoms in total. The lowest BCUT2D eigenvalue weighted by Gasteiger charge is -2.20. The van der Waals surface area contributed by atoms with E-state index in [9.17, 15) is 9.59 Å². The number of hydrogen-bond donors (Lipinski definition) is 0. The molecule has 0 aromatic heterocycles. The van der Waals surface area contributed by atoms with Gasteiger partial charge in [0.2, 0.25) is 0 Å². The number of esters is 2. The normalized spacial score (nSPS) is 13.4. The standard InChI is InChI=1S/C18H22O4/c1-4-9-16(18(20)21-5-2)14(3)22-17(19)13-12-15-10-7-6-8-11-15/h4,6-8,10-14,16H,1,5,9H2,2-3H3. The molecule has 0 amide bonds. The molecule has 4 heteroatoms. The molecule has 0 heterocycles. The van der Waals surface area contributed by atoms with Crippen molar-refractivity contribution in [2.45, 2.75) is 26.4 Å². The minimum atomic E-state index is -0.579. The van der Waals surface area contributed by atoms with Crippen molar-refractivity contribution < 1.29 is 19.1 Å². The van der Waals surface area contributed by atoms with Crippen molar-refractivity contribution in [1.29, 1.82) is 0 Å². The van der Waals surface area contributed by atoms with Gasteiger partial charge in [0.25, 0.3) is 0 Å². The van der Waals surface area contributed by atoms with Crippen molar-refractivity contribution in [3.05, 3.63) is 54.6 Å². The topological polar surface area (TPSA) is 52.6 Å². The first-order chi connectivity index (χ1) is 10.6. The van der Waals surface area contributed by atoms with Crippen LogP contribution in [0, 0.1) is 5.92 Å². The third-order valence-corrected chi connectivity index (χ3v) is 3.09. The Kier molecular flexibility index (Phi) is 7.68. The van der Waals surface area contributed by atoms with Crippen LogP contribution in [0.4, 0.5) is 0 Å². The van der Waals surface area contributed by atoms with Crippen LogP contribution in [0.25, 0.3) is 6.08 Å². The molecular weight excluding hydrogens is 280 g/mol. The number of carbonyl (C=O) groups is 2. The van der Waals surface area contributed by atoms with Crippen LogP contribution in [-0.4, -0.2) is 24.6 Å². The first kappa shape index (κ1) is 17.7. The van der Waals surface area contributed by atoms with E-state index in [0.717, 1.165) is 5.56 Å². The second-order valence-electron chi connectivity index (χ2n) is 4.77. The summed E-state index contributed by atoms with van der Waals surface area (Å²) in [5.41, 5.74) is 0.903. The van der Waals surface area contributed by atoms with Crippen LogP contribution in [0.3, 0.4) is 0 Å². The summed E-state index contributed by atoms with van der Waals surface area (Å²) in [6.45, 7) is 7.33. The summed E-state index contributed by atoms with van der Waals surface area (Å²) >= 11 is 0. The molecule has 0 aliphatic rings. The number of ether oxygens (including phenoxy) is 2. The molecule has 0 aliphatic heterocycles. The Morgan fingerprint density at radius 2 is 1.95 bits per heavy atom. The van der Waals surface area contributed by atoms with Crippen LogP contribution in [-0.2, 0) is 19.1 Å². The van der Waals surface area contributed by atoms with E-state index in [-0.39, 0.29) is 5.97 Å². The van der Waals surface area contributed by atoms with Crippen molar-refractivity contribution in [2.24, 2.45) is 5.92 Å². The Morgan fingerprint density at radius 3 is 2.55 bits per heavy atom. The fourth-order valence-corrected chi connectivity index (χ4v) is 1.94. The van der Waals surface area contributed by atoms with E-state index in [2.05, 4.69) is 6.58 Å². The van der Waals surface area contributed by atoms with Gasteiger partial charge in [0.15, 0.2) is 0 Å². The highest BCUT2D eigenvalue weighted by Crippen LogP contribution is 2.16. The average Bonchev–Trinajstić information content (AvgIpc) is 2.51. The van der Waals surface area contributed by atoms with E-state index >= 15 is 0 Å². The SMILES string of the molecule is C=CCC(C(=O)OCC)C(C)OC(=O)C=Cc1ccccc1. The molecule has 0 bridgehead atoms. The third kappa shape index (κ3) is 5.95. The van der Waals surface area contributed by atoms with Gasteiger partial charge in [0.1, 0.15) is 6.10 Å². The van der Waals surface area contributed by atoms with Gasteiger partial charge >= 0.3 is 11.9 Å². The van der Waals surface area contributed by atoms with Gasteiger partial charge in [-0.15, -0.1) is 6.58 Å². The molecule has 2 atom stereocenters. The number of allylic oxidation sites excluding steroid dienone is 1. The van der Waals surface area contributed by atoms with Gasteiger partial charge in [-0.2, -0.15) is 0 Å². The zero-order valence-corrected chi connectivity index (χ0v) is 13.0. The van der Waals surface area contributed by atoms with E-state index in [0.29, 0.717) is 13.0 Å². The maximum atomic E-state index is 11.9. The van der Waals surface area contributed by atoms with Gasteiger partial charge in [0.05, 0.1) is 12.5 Å². The lowest BCUT2D eigenvalue weighted by Crippen LogP contribution is -2.31. The molecule has 118 valence electrons. The van der Waals surface area contributed by atoms with E-state index in [1.165, 1.54) is 6.08 Å². The largest absolute Gasteiger partial charge is 0.466 e.